The molecule has 0 saturated heterocycles. The number of aromatic hydroxyl groups is 1. The zero-order valence-electron chi connectivity index (χ0n) is 19.9. The molecule has 1 amide bonds. The quantitative estimate of drug-likeness (QED) is 0.345. The van der Waals surface area contributed by atoms with Crippen LogP contribution in [0.3, 0.4) is 0 Å². The number of esters is 2. The number of nitrogens with one attached hydrogen (secondary N) is 2. The number of fused-ring (bicyclic) bond motifs is 1. The second-order valence-corrected chi connectivity index (χ2v) is 8.10. The molecule has 1 aromatic carbocycles. The van der Waals surface area contributed by atoms with Gasteiger partial charge in [0.05, 0.1) is 18.8 Å². The zero-order valence-corrected chi connectivity index (χ0v) is 19.9. The fourth-order valence-corrected chi connectivity index (χ4v) is 3.95. The third-order valence-electron chi connectivity index (χ3n) is 5.68. The van der Waals surface area contributed by atoms with Crippen LogP contribution < -0.4 is 16.4 Å². The van der Waals surface area contributed by atoms with E-state index >= 15 is 0 Å². The van der Waals surface area contributed by atoms with Crippen LogP contribution in [0, 0.1) is 0 Å². The van der Waals surface area contributed by atoms with Crippen molar-refractivity contribution in [1.29, 1.82) is 0 Å². The minimum absolute atomic E-state index is 0.0110. The van der Waals surface area contributed by atoms with Gasteiger partial charge >= 0.3 is 11.9 Å². The Kier molecular flexibility index (Phi) is 8.82. The Balaban J connectivity index is 1.58. The van der Waals surface area contributed by atoms with Crippen LogP contribution in [0.5, 0.6) is 5.88 Å². The fraction of sp³-hybridized carbons (Fsp3) is 0.458. The molecule has 0 saturated carbocycles. The highest BCUT2D eigenvalue weighted by Gasteiger charge is 2.28. The van der Waals surface area contributed by atoms with E-state index in [1.54, 1.807) is 26.0 Å². The molecule has 0 spiro atoms. The monoisotopic (exact) mass is 485 g/mol. The molecule has 11 heteroatoms. The largest absolute Gasteiger partial charge is 0.493 e. The van der Waals surface area contributed by atoms with Crippen LogP contribution >= 0.6 is 0 Å². The molecule has 2 heterocycles. The summed E-state index contributed by atoms with van der Waals surface area (Å²) in [5.74, 6) is -0.954. The number of anilines is 2. The van der Waals surface area contributed by atoms with Crippen molar-refractivity contribution in [2.24, 2.45) is 0 Å². The van der Waals surface area contributed by atoms with Crippen LogP contribution in [-0.4, -0.2) is 58.7 Å². The number of nitrogen functional groups attached to an aromatic ring is 1. The van der Waals surface area contributed by atoms with Gasteiger partial charge in [0.15, 0.2) is 0 Å². The molecule has 2 atom stereocenters. The molecule has 35 heavy (non-hydrogen) atoms. The number of rotatable bonds is 11. The van der Waals surface area contributed by atoms with Crippen LogP contribution in [0.25, 0.3) is 0 Å². The first-order chi connectivity index (χ1) is 16.8. The second kappa shape index (κ2) is 12.0. The highest BCUT2D eigenvalue weighted by atomic mass is 16.5. The summed E-state index contributed by atoms with van der Waals surface area (Å²) in [5.41, 5.74) is 7.65. The Morgan fingerprint density at radius 3 is 2.57 bits per heavy atom. The third kappa shape index (κ3) is 6.81. The van der Waals surface area contributed by atoms with Gasteiger partial charge in [0.25, 0.3) is 5.91 Å². The SMILES string of the molecule is CCOC(=O)CC[C@H](NC(=O)c1ccc(CCC2CNc3nc(N)nc(O)c32)cc1)C(=O)OCC. The minimum Gasteiger partial charge on any atom is -0.493 e. The Morgan fingerprint density at radius 2 is 1.89 bits per heavy atom. The highest BCUT2D eigenvalue weighted by molar-refractivity contribution is 5.96. The van der Waals surface area contributed by atoms with E-state index in [0.717, 1.165) is 12.0 Å². The van der Waals surface area contributed by atoms with Crippen molar-refractivity contribution in [2.45, 2.75) is 51.5 Å². The number of hydrogen-bond donors (Lipinski definition) is 4. The smallest absolute Gasteiger partial charge is 0.328 e. The summed E-state index contributed by atoms with van der Waals surface area (Å²) in [7, 11) is 0. The average Bonchev–Trinajstić information content (AvgIpc) is 3.24. The first-order valence-corrected chi connectivity index (χ1v) is 11.6. The summed E-state index contributed by atoms with van der Waals surface area (Å²) in [6.07, 6.45) is 1.52. The highest BCUT2D eigenvalue weighted by Crippen LogP contribution is 2.38. The first-order valence-electron chi connectivity index (χ1n) is 11.6. The molecule has 1 unspecified atom stereocenters. The van der Waals surface area contributed by atoms with Crippen molar-refractivity contribution in [1.82, 2.24) is 15.3 Å². The van der Waals surface area contributed by atoms with E-state index in [9.17, 15) is 19.5 Å². The van der Waals surface area contributed by atoms with Gasteiger partial charge in [0, 0.05) is 24.4 Å². The van der Waals surface area contributed by atoms with Gasteiger partial charge in [-0.2, -0.15) is 9.97 Å². The molecule has 1 aromatic heterocycles. The van der Waals surface area contributed by atoms with Crippen LogP contribution in [-0.2, 0) is 25.5 Å². The number of nitrogens with zero attached hydrogens (tertiary/aromatic N) is 2. The molecule has 3 rings (SSSR count). The van der Waals surface area contributed by atoms with Crippen molar-refractivity contribution < 1.29 is 29.0 Å². The Bertz CT molecular complexity index is 1060. The number of amides is 1. The maximum atomic E-state index is 12.7. The number of aryl methyl sites for hydroxylation is 1. The molecule has 2 aromatic rings. The molecule has 188 valence electrons. The van der Waals surface area contributed by atoms with E-state index in [-0.39, 0.29) is 43.8 Å². The van der Waals surface area contributed by atoms with Crippen molar-refractivity contribution >= 4 is 29.6 Å². The number of hydrogen-bond acceptors (Lipinski definition) is 10. The number of benzene rings is 1. The number of aromatic nitrogens is 2. The molecular formula is C24H31N5O6. The topological polar surface area (TPSA) is 166 Å². The van der Waals surface area contributed by atoms with Crippen LogP contribution in [0.15, 0.2) is 24.3 Å². The third-order valence-corrected chi connectivity index (χ3v) is 5.68. The molecule has 0 fully saturated rings. The summed E-state index contributed by atoms with van der Waals surface area (Å²) in [4.78, 5) is 44.6. The molecule has 5 N–H and O–H groups in total. The normalized spacial score (nSPS) is 15.0. The van der Waals surface area contributed by atoms with E-state index < -0.39 is 23.9 Å². The lowest BCUT2D eigenvalue weighted by atomic mass is 9.95. The lowest BCUT2D eigenvalue weighted by Gasteiger charge is -2.17. The van der Waals surface area contributed by atoms with Crippen molar-refractivity contribution in [3.63, 3.8) is 0 Å². The maximum absolute atomic E-state index is 12.7. The maximum Gasteiger partial charge on any atom is 0.328 e. The second-order valence-electron chi connectivity index (χ2n) is 8.10. The zero-order chi connectivity index (χ0) is 25.4. The molecular weight excluding hydrogens is 454 g/mol. The van der Waals surface area contributed by atoms with E-state index in [0.29, 0.717) is 29.9 Å². The molecule has 0 aliphatic carbocycles. The predicted octanol–water partition coefficient (Wildman–Crippen LogP) is 1.91. The molecule has 0 radical (unpaired) electrons. The number of ether oxygens (including phenoxy) is 2. The summed E-state index contributed by atoms with van der Waals surface area (Å²) < 4.78 is 9.92. The standard InChI is InChI=1S/C24H31N5O6/c1-3-34-18(30)12-11-17(23(33)35-4-2)27-21(31)15-8-5-14(6-9-15)7-10-16-13-26-20-19(16)22(32)29-24(25)28-20/h5-6,8-9,16-17H,3-4,7,10-13H2,1-2H3,(H,27,31)(H4,25,26,28,29,32)/t16?,17-/m0/s1. The lowest BCUT2D eigenvalue weighted by molar-refractivity contribution is -0.146. The van der Waals surface area contributed by atoms with Gasteiger partial charge in [-0.05, 0) is 50.8 Å². The fourth-order valence-electron chi connectivity index (χ4n) is 3.95. The van der Waals surface area contributed by atoms with Gasteiger partial charge in [-0.15, -0.1) is 0 Å². The van der Waals surface area contributed by atoms with Crippen LogP contribution in [0.4, 0.5) is 11.8 Å². The van der Waals surface area contributed by atoms with Gasteiger partial charge in [-0.25, -0.2) is 4.79 Å². The molecule has 1 aliphatic rings. The van der Waals surface area contributed by atoms with E-state index in [2.05, 4.69) is 20.6 Å². The minimum atomic E-state index is -0.953. The molecule has 1 aliphatic heterocycles. The van der Waals surface area contributed by atoms with Gasteiger partial charge in [0.2, 0.25) is 11.8 Å². The van der Waals surface area contributed by atoms with E-state index in [4.69, 9.17) is 15.2 Å². The van der Waals surface area contributed by atoms with Gasteiger partial charge < -0.3 is 30.9 Å². The summed E-state index contributed by atoms with van der Waals surface area (Å²) in [6, 6.07) is 6.09. The summed E-state index contributed by atoms with van der Waals surface area (Å²) in [5, 5.41) is 15.9. The van der Waals surface area contributed by atoms with Gasteiger partial charge in [-0.1, -0.05) is 12.1 Å². The number of nitrogens with two attached hydrogens (primary N) is 1. The van der Waals surface area contributed by atoms with Gasteiger partial charge in [-0.3, -0.25) is 9.59 Å². The van der Waals surface area contributed by atoms with E-state index in [1.807, 2.05) is 12.1 Å². The lowest BCUT2D eigenvalue weighted by Crippen LogP contribution is -2.42. The van der Waals surface area contributed by atoms with Crippen molar-refractivity contribution in [3.8, 4) is 5.88 Å². The summed E-state index contributed by atoms with van der Waals surface area (Å²) in [6.45, 7) is 4.41. The molecule has 0 bridgehead atoms. The Hall–Kier alpha value is -3.89. The Morgan fingerprint density at radius 1 is 1.17 bits per heavy atom. The van der Waals surface area contributed by atoms with E-state index in [1.165, 1.54) is 0 Å². The van der Waals surface area contributed by atoms with Gasteiger partial charge in [0.1, 0.15) is 11.9 Å². The Labute approximate surface area is 203 Å². The van der Waals surface area contributed by atoms with Crippen molar-refractivity contribution in [2.75, 3.05) is 30.8 Å². The predicted molar refractivity (Wildman–Crippen MR) is 128 cm³/mol. The summed E-state index contributed by atoms with van der Waals surface area (Å²) >= 11 is 0. The molecule has 11 nitrogen and oxygen atoms in total. The number of carbonyl (C=O) groups is 3. The number of carbonyl (C=O) groups excluding carboxylic acids is 3. The van der Waals surface area contributed by atoms with Crippen LogP contribution in [0.2, 0.25) is 0 Å². The first kappa shape index (κ1) is 25.7. The average molecular weight is 486 g/mol. The van der Waals surface area contributed by atoms with Crippen LogP contribution in [0.1, 0.15) is 60.5 Å². The van der Waals surface area contributed by atoms with Crippen molar-refractivity contribution in [3.05, 3.63) is 41.0 Å².